The normalized spacial score (nSPS) is 25.7. The molecule has 6 aliphatic rings. The summed E-state index contributed by atoms with van der Waals surface area (Å²) in [6, 6.07) is 10.8. The summed E-state index contributed by atoms with van der Waals surface area (Å²) in [5.74, 6) is -6.18. The second-order valence-corrected chi connectivity index (χ2v) is 25.6. The average molecular weight is 1460 g/mol. The third kappa shape index (κ3) is 16.2. The predicted octanol–water partition coefficient (Wildman–Crippen LogP) is 0.880. The van der Waals surface area contributed by atoms with Gasteiger partial charge in [-0.3, -0.25) is 19.2 Å². The number of ether oxygens (including phenoxy) is 11. The van der Waals surface area contributed by atoms with Crippen LogP contribution in [0, 0.1) is 0 Å². The molecule has 0 saturated carbocycles. The molecule has 6 aliphatic heterocycles. The number of aliphatic carboxylic acids is 2. The molecule has 4 fully saturated rings. The Morgan fingerprint density at radius 2 is 0.962 bits per heavy atom. The van der Waals surface area contributed by atoms with Crippen molar-refractivity contribution in [1.82, 2.24) is 20.4 Å². The Bertz CT molecular complexity index is 3950. The van der Waals surface area contributed by atoms with Crippen molar-refractivity contribution < 1.29 is 142 Å². The standard InChI is InChI=1S/C69H82N6O29/c1-31(2)71-59(83)39-22-35(12-14-45(39)102-67-55(81)51(77)53(79)57(104-67)65(90)91)30-100-69(93)75-41-26-49(47(96-7)24-37(41)61(85)73-28-33(4)20-43(73)63(75)87)98-17-10-8-9-16-97-48-25-40-36(23-46(48)95-6)60(84)72-27-32(3)19-42(72)62(86)74(40)68(92)99-29-34-11-13-44(38(21-34)58(82)70-15-18-94-5)101-66-54(80)50(76)52(78)56(103-66)64(88)89/h11-14,21-26,31,42-43,50-57,62-63,66-67,76-81,86-87H,3-4,8-10,15-20,27-30H2,1-2,5-7H3,(H,70,82)(H,71,83)(H,88,89)(H,90,91)/t42-,43-,50-,51-,52-,53-,54+,55+,56-,57-,62?,63?,66+,67+/m0/s1. The Morgan fingerprint density at radius 3 is 1.36 bits per heavy atom. The van der Waals surface area contributed by atoms with E-state index in [2.05, 4.69) is 23.8 Å². The number of unbranched alkanes of at least 4 members (excludes halogenated alkanes) is 2. The number of amides is 6. The summed E-state index contributed by atoms with van der Waals surface area (Å²) in [4.78, 5) is 113. The topological polar surface area (TPSA) is 477 Å². The zero-order valence-corrected chi connectivity index (χ0v) is 57.1. The zero-order chi connectivity index (χ0) is 75.3. The molecule has 10 rings (SSSR count). The number of methoxy groups -OCH3 is 3. The fourth-order valence-corrected chi connectivity index (χ4v) is 12.7. The first-order valence-corrected chi connectivity index (χ1v) is 33.0. The number of carbonyl (C=O) groups excluding carboxylic acids is 6. The van der Waals surface area contributed by atoms with Gasteiger partial charge in [-0.25, -0.2) is 29.0 Å². The molecule has 104 heavy (non-hydrogen) atoms. The lowest BCUT2D eigenvalue weighted by Gasteiger charge is -2.38. The van der Waals surface area contributed by atoms with Gasteiger partial charge in [0.05, 0.1) is 79.8 Å². The van der Waals surface area contributed by atoms with Crippen LogP contribution in [0.5, 0.6) is 34.5 Å². The molecule has 2 unspecified atom stereocenters. The second-order valence-electron chi connectivity index (χ2n) is 25.6. The Hall–Kier alpha value is -9.92. The molecule has 6 amide bonds. The first kappa shape index (κ1) is 76.7. The molecule has 14 atom stereocenters. The second kappa shape index (κ2) is 32.8. The van der Waals surface area contributed by atoms with Crippen LogP contribution in [-0.4, -0.2) is 261 Å². The van der Waals surface area contributed by atoms with Crippen molar-refractivity contribution in [3.05, 3.63) is 118 Å². The van der Waals surface area contributed by atoms with Crippen molar-refractivity contribution in [2.24, 2.45) is 0 Å². The molecule has 0 bridgehead atoms. The van der Waals surface area contributed by atoms with Gasteiger partial charge in [-0.05, 0) is 93.5 Å². The smallest absolute Gasteiger partial charge is 0.416 e. The molecule has 35 heteroatoms. The highest BCUT2D eigenvalue weighted by molar-refractivity contribution is 6.07. The Morgan fingerprint density at radius 1 is 0.538 bits per heavy atom. The van der Waals surface area contributed by atoms with Gasteiger partial charge in [0.2, 0.25) is 12.6 Å². The summed E-state index contributed by atoms with van der Waals surface area (Å²) >= 11 is 0. The number of aliphatic hydroxyl groups is 8. The van der Waals surface area contributed by atoms with Crippen LogP contribution in [0.15, 0.2) is 85.0 Å². The van der Waals surface area contributed by atoms with Crippen LogP contribution in [0.2, 0.25) is 0 Å². The fourth-order valence-electron chi connectivity index (χ4n) is 12.7. The third-order valence-electron chi connectivity index (χ3n) is 18.0. The number of nitrogens with one attached hydrogen (secondary N) is 2. The highest BCUT2D eigenvalue weighted by Crippen LogP contribution is 2.45. The molecule has 0 aliphatic carbocycles. The molecule has 4 aromatic rings. The molecule has 4 aromatic carbocycles. The zero-order valence-electron chi connectivity index (χ0n) is 57.1. The van der Waals surface area contributed by atoms with E-state index in [9.17, 15) is 89.4 Å². The predicted molar refractivity (Wildman–Crippen MR) is 355 cm³/mol. The number of hydrogen-bond donors (Lipinski definition) is 12. The molecular weight excluding hydrogens is 1380 g/mol. The summed E-state index contributed by atoms with van der Waals surface area (Å²) in [6.45, 7) is 10.5. The summed E-state index contributed by atoms with van der Waals surface area (Å²) in [5, 5.41) is 111. The third-order valence-corrected chi connectivity index (χ3v) is 18.0. The number of aliphatic hydroxyl groups excluding tert-OH is 8. The van der Waals surface area contributed by atoms with Gasteiger partial charge in [0.25, 0.3) is 23.6 Å². The van der Waals surface area contributed by atoms with Crippen LogP contribution in [0.4, 0.5) is 21.0 Å². The van der Waals surface area contributed by atoms with Crippen LogP contribution in [0.25, 0.3) is 0 Å². The van der Waals surface area contributed by atoms with Crippen molar-refractivity contribution >= 4 is 59.1 Å². The summed E-state index contributed by atoms with van der Waals surface area (Å²) in [7, 11) is 4.09. The van der Waals surface area contributed by atoms with Crippen LogP contribution in [0.3, 0.4) is 0 Å². The average Bonchev–Trinajstić information content (AvgIpc) is 1.59. The van der Waals surface area contributed by atoms with E-state index in [0.717, 1.165) is 9.80 Å². The van der Waals surface area contributed by atoms with Gasteiger partial charge in [0, 0.05) is 44.9 Å². The lowest BCUT2D eigenvalue weighted by molar-refractivity contribution is -0.271. The van der Waals surface area contributed by atoms with Crippen LogP contribution in [0.1, 0.15) is 98.5 Å². The van der Waals surface area contributed by atoms with E-state index in [1.165, 1.54) is 91.8 Å². The maximum atomic E-state index is 14.5. The fraction of sp³-hybridized carbons (Fsp3) is 0.478. The van der Waals surface area contributed by atoms with Crippen molar-refractivity contribution in [1.29, 1.82) is 0 Å². The van der Waals surface area contributed by atoms with Gasteiger partial charge in [-0.1, -0.05) is 36.4 Å². The number of fused-ring (bicyclic) bond motifs is 4. The van der Waals surface area contributed by atoms with Crippen molar-refractivity contribution in [3.63, 3.8) is 0 Å². The minimum absolute atomic E-state index is 0.00512. The summed E-state index contributed by atoms with van der Waals surface area (Å²) < 4.78 is 62.6. The van der Waals surface area contributed by atoms with Gasteiger partial charge in [-0.15, -0.1) is 0 Å². The maximum Gasteiger partial charge on any atom is 0.416 e. The molecule has 6 heterocycles. The van der Waals surface area contributed by atoms with Gasteiger partial charge in [0.15, 0.2) is 47.7 Å². The maximum absolute atomic E-state index is 14.5. The molecule has 562 valence electrons. The van der Waals surface area contributed by atoms with Crippen LogP contribution >= 0.6 is 0 Å². The van der Waals surface area contributed by atoms with E-state index >= 15 is 0 Å². The Kier molecular flexibility index (Phi) is 24.2. The highest BCUT2D eigenvalue weighted by atomic mass is 16.7. The number of anilines is 2. The first-order valence-electron chi connectivity index (χ1n) is 33.0. The van der Waals surface area contributed by atoms with Crippen molar-refractivity contribution in [3.8, 4) is 34.5 Å². The van der Waals surface area contributed by atoms with E-state index in [1.54, 1.807) is 13.8 Å². The molecule has 0 radical (unpaired) electrons. The van der Waals surface area contributed by atoms with Gasteiger partial charge in [-0.2, -0.15) is 0 Å². The number of carboxylic acid groups (broad SMARTS) is 2. The largest absolute Gasteiger partial charge is 0.493 e. The number of carbonyl (C=O) groups is 8. The Balaban J connectivity index is 0.823. The van der Waals surface area contributed by atoms with E-state index in [0.29, 0.717) is 30.4 Å². The van der Waals surface area contributed by atoms with E-state index in [1.807, 2.05) is 0 Å². The lowest BCUT2D eigenvalue weighted by atomic mass is 9.99. The summed E-state index contributed by atoms with van der Waals surface area (Å²) in [6.07, 6.45) is -24.1. The van der Waals surface area contributed by atoms with Crippen LogP contribution in [-0.2, 0) is 46.5 Å². The number of nitrogens with zero attached hydrogens (tertiary/aromatic N) is 4. The minimum atomic E-state index is -2.03. The number of carboxylic acids is 2. The number of hydrogen-bond acceptors (Lipinski definition) is 27. The molecule has 0 aromatic heterocycles. The molecule has 0 spiro atoms. The molecule has 12 N–H and O–H groups in total. The quantitative estimate of drug-likeness (QED) is 0.0307. The van der Waals surface area contributed by atoms with Gasteiger partial charge >= 0.3 is 24.1 Å². The van der Waals surface area contributed by atoms with Crippen molar-refractivity contribution in [2.45, 2.75) is 151 Å². The number of rotatable bonds is 26. The highest BCUT2D eigenvalue weighted by Gasteiger charge is 2.52. The van der Waals surface area contributed by atoms with Gasteiger partial charge in [0.1, 0.15) is 61.3 Å². The van der Waals surface area contributed by atoms with E-state index in [4.69, 9.17) is 52.1 Å². The van der Waals surface area contributed by atoms with E-state index < -0.39 is 153 Å². The molecular formula is C69H82N6O29. The van der Waals surface area contributed by atoms with E-state index in [-0.39, 0.29) is 132 Å². The van der Waals surface area contributed by atoms with Gasteiger partial charge < -0.3 is 124 Å². The molecule has 35 nitrogen and oxygen atoms in total. The van der Waals surface area contributed by atoms with Crippen LogP contribution < -0.4 is 48.9 Å². The lowest BCUT2D eigenvalue weighted by Crippen LogP contribution is -2.61. The molecule has 4 saturated heterocycles. The Labute approximate surface area is 593 Å². The van der Waals surface area contributed by atoms with Crippen molar-refractivity contribution in [2.75, 3.05) is 70.6 Å². The first-order chi connectivity index (χ1) is 49.5. The minimum Gasteiger partial charge on any atom is -0.493 e. The number of benzene rings is 4. The SMILES string of the molecule is C=C1C[C@H]2C(O)N(C(=O)OCc3ccc(O[C@@H]4O[C@H](C(=O)O)[C@@H](O)[C@H](O)[C@H]4O)c(C(=O)NCCOC)c3)c3cc(OCCCCCOc4cc5c(cc4OC)C(=O)N4CC(=C)C[C@H]4C(O)N5C(=O)OCc4ccc(O[C@@H]5O[C@H](C(=O)O)[C@@H](O)[C@H](O)[C@H]5O)c(C(=O)NC(C)C)c4)c(OC)cc3C(=O)N2C1. The summed E-state index contributed by atoms with van der Waals surface area (Å²) in [5.41, 5.74) is 0.766. The monoisotopic (exact) mass is 1460 g/mol.